The lowest BCUT2D eigenvalue weighted by atomic mass is 10.2. The fourth-order valence-electron chi connectivity index (χ4n) is 1.42. The minimum absolute atomic E-state index is 0.220. The molecule has 0 saturated heterocycles. The van der Waals surface area contributed by atoms with Crippen molar-refractivity contribution in [1.82, 2.24) is 0 Å². The van der Waals surface area contributed by atoms with Gasteiger partial charge in [-0.2, -0.15) is 0 Å². The molecule has 0 spiro atoms. The summed E-state index contributed by atoms with van der Waals surface area (Å²) in [7, 11) is 0. The average molecular weight is 359 g/mol. The Labute approximate surface area is 116 Å². The lowest BCUT2D eigenvalue weighted by molar-refractivity contribution is 0.628. The maximum atomic E-state index is 12.7. The van der Waals surface area contributed by atoms with Crippen LogP contribution in [-0.4, -0.2) is 0 Å². The molecule has 17 heavy (non-hydrogen) atoms. The van der Waals surface area contributed by atoms with Crippen molar-refractivity contribution in [2.75, 3.05) is 5.32 Å². The van der Waals surface area contributed by atoms with Crippen LogP contribution >= 0.6 is 31.9 Å². The molecule has 4 heteroatoms. The summed E-state index contributed by atoms with van der Waals surface area (Å²) in [5.41, 5.74) is 2.06. The highest BCUT2D eigenvalue weighted by Crippen LogP contribution is 2.24. The largest absolute Gasteiger partial charge is 0.381 e. The second-order valence-corrected chi connectivity index (χ2v) is 5.32. The van der Waals surface area contributed by atoms with Crippen LogP contribution in [0.5, 0.6) is 0 Å². The predicted molar refractivity (Wildman–Crippen MR) is 75.6 cm³/mol. The highest BCUT2D eigenvalue weighted by atomic mass is 79.9. The molecule has 2 aromatic carbocycles. The van der Waals surface area contributed by atoms with Crippen LogP contribution in [0.4, 0.5) is 10.1 Å². The van der Waals surface area contributed by atoms with Gasteiger partial charge < -0.3 is 5.32 Å². The Morgan fingerprint density at radius 2 is 1.65 bits per heavy atom. The Bertz CT molecular complexity index is 511. The molecular formula is C13H10Br2FN. The molecule has 0 radical (unpaired) electrons. The van der Waals surface area contributed by atoms with Crippen molar-refractivity contribution in [2.45, 2.75) is 6.54 Å². The van der Waals surface area contributed by atoms with Gasteiger partial charge in [0.25, 0.3) is 0 Å². The summed E-state index contributed by atoms with van der Waals surface area (Å²) in [6.45, 7) is 0.706. The van der Waals surface area contributed by atoms with Gasteiger partial charge >= 0.3 is 0 Å². The van der Waals surface area contributed by atoms with Gasteiger partial charge in [-0.15, -0.1) is 0 Å². The van der Waals surface area contributed by atoms with E-state index in [0.717, 1.165) is 20.2 Å². The molecule has 2 rings (SSSR count). The second kappa shape index (κ2) is 5.65. The lowest BCUT2D eigenvalue weighted by Crippen LogP contribution is -1.99. The van der Waals surface area contributed by atoms with E-state index >= 15 is 0 Å². The average Bonchev–Trinajstić information content (AvgIpc) is 2.33. The van der Waals surface area contributed by atoms with Crippen molar-refractivity contribution >= 4 is 37.5 Å². The number of rotatable bonds is 3. The van der Waals surface area contributed by atoms with Crippen molar-refractivity contribution in [2.24, 2.45) is 0 Å². The SMILES string of the molecule is Fc1ccc(NCc2ccc(Br)c(Br)c2)cc1. The van der Waals surface area contributed by atoms with Gasteiger partial charge in [-0.3, -0.25) is 0 Å². The summed E-state index contributed by atoms with van der Waals surface area (Å²) >= 11 is 6.88. The van der Waals surface area contributed by atoms with E-state index in [2.05, 4.69) is 37.2 Å². The fraction of sp³-hybridized carbons (Fsp3) is 0.0769. The van der Waals surface area contributed by atoms with Crippen molar-refractivity contribution in [3.63, 3.8) is 0 Å². The third kappa shape index (κ3) is 3.54. The van der Waals surface area contributed by atoms with Gasteiger partial charge in [0, 0.05) is 21.2 Å². The summed E-state index contributed by atoms with van der Waals surface area (Å²) in [6.07, 6.45) is 0. The third-order valence-corrected chi connectivity index (χ3v) is 4.20. The molecule has 0 amide bonds. The highest BCUT2D eigenvalue weighted by molar-refractivity contribution is 9.13. The Balaban J connectivity index is 2.02. The van der Waals surface area contributed by atoms with E-state index in [1.807, 2.05) is 18.2 Å². The Kier molecular flexibility index (Phi) is 4.18. The smallest absolute Gasteiger partial charge is 0.123 e. The van der Waals surface area contributed by atoms with Crippen LogP contribution < -0.4 is 5.32 Å². The molecule has 0 aliphatic heterocycles. The minimum atomic E-state index is -0.220. The van der Waals surface area contributed by atoms with Crippen molar-refractivity contribution in [3.05, 3.63) is 62.8 Å². The van der Waals surface area contributed by atoms with E-state index < -0.39 is 0 Å². The molecule has 0 aliphatic carbocycles. The summed E-state index contributed by atoms with van der Waals surface area (Å²) in [4.78, 5) is 0. The van der Waals surface area contributed by atoms with Crippen LogP contribution in [0.15, 0.2) is 51.4 Å². The first-order valence-electron chi connectivity index (χ1n) is 5.08. The molecule has 0 atom stereocenters. The van der Waals surface area contributed by atoms with Crippen LogP contribution in [0.25, 0.3) is 0 Å². The Morgan fingerprint density at radius 1 is 0.941 bits per heavy atom. The lowest BCUT2D eigenvalue weighted by Gasteiger charge is -2.07. The van der Waals surface area contributed by atoms with Gasteiger partial charge in [-0.05, 0) is 73.8 Å². The van der Waals surface area contributed by atoms with Gasteiger partial charge in [0.15, 0.2) is 0 Å². The van der Waals surface area contributed by atoms with Crippen molar-refractivity contribution in [3.8, 4) is 0 Å². The number of anilines is 1. The van der Waals surface area contributed by atoms with E-state index in [4.69, 9.17) is 0 Å². The van der Waals surface area contributed by atoms with Crippen LogP contribution in [-0.2, 0) is 6.54 Å². The Hall–Kier alpha value is -0.870. The molecule has 0 saturated carbocycles. The van der Waals surface area contributed by atoms with E-state index in [1.54, 1.807) is 12.1 Å². The number of hydrogen-bond donors (Lipinski definition) is 1. The zero-order valence-electron chi connectivity index (χ0n) is 8.88. The summed E-state index contributed by atoms with van der Waals surface area (Å²) in [5, 5.41) is 3.23. The van der Waals surface area contributed by atoms with Gasteiger partial charge in [-0.1, -0.05) is 6.07 Å². The summed E-state index contributed by atoms with van der Waals surface area (Å²) < 4.78 is 14.8. The van der Waals surface area contributed by atoms with E-state index in [9.17, 15) is 4.39 Å². The normalized spacial score (nSPS) is 10.3. The standard InChI is InChI=1S/C13H10Br2FN/c14-12-6-1-9(7-13(12)15)8-17-11-4-2-10(16)3-5-11/h1-7,17H,8H2. The second-order valence-electron chi connectivity index (χ2n) is 3.61. The molecule has 0 fully saturated rings. The van der Waals surface area contributed by atoms with E-state index in [0.29, 0.717) is 6.54 Å². The van der Waals surface area contributed by atoms with Crippen molar-refractivity contribution < 1.29 is 4.39 Å². The molecule has 1 N–H and O–H groups in total. The van der Waals surface area contributed by atoms with Crippen LogP contribution in [0, 0.1) is 5.82 Å². The van der Waals surface area contributed by atoms with Crippen molar-refractivity contribution in [1.29, 1.82) is 0 Å². The van der Waals surface area contributed by atoms with E-state index in [1.165, 1.54) is 12.1 Å². The summed E-state index contributed by atoms with van der Waals surface area (Å²) in [5.74, 6) is -0.220. The zero-order chi connectivity index (χ0) is 12.3. The topological polar surface area (TPSA) is 12.0 Å². The molecular weight excluding hydrogens is 349 g/mol. The first kappa shape index (κ1) is 12.6. The predicted octanol–water partition coefficient (Wildman–Crippen LogP) is 4.96. The maximum absolute atomic E-state index is 12.7. The number of nitrogens with one attached hydrogen (secondary N) is 1. The summed E-state index contributed by atoms with van der Waals surface area (Å²) in [6, 6.07) is 12.4. The quantitative estimate of drug-likeness (QED) is 0.817. The molecule has 0 bridgehead atoms. The molecule has 0 aliphatic rings. The van der Waals surface area contributed by atoms with E-state index in [-0.39, 0.29) is 5.82 Å². The molecule has 0 aromatic heterocycles. The monoisotopic (exact) mass is 357 g/mol. The van der Waals surface area contributed by atoms with Gasteiger partial charge in [0.1, 0.15) is 5.82 Å². The molecule has 0 unspecified atom stereocenters. The molecule has 0 heterocycles. The maximum Gasteiger partial charge on any atom is 0.123 e. The molecule has 2 aromatic rings. The van der Waals surface area contributed by atoms with Crippen LogP contribution in [0.1, 0.15) is 5.56 Å². The fourth-order valence-corrected chi connectivity index (χ4v) is 2.09. The highest BCUT2D eigenvalue weighted by Gasteiger charge is 1.99. The minimum Gasteiger partial charge on any atom is -0.381 e. The first-order valence-corrected chi connectivity index (χ1v) is 6.67. The third-order valence-electron chi connectivity index (χ3n) is 2.32. The van der Waals surface area contributed by atoms with Gasteiger partial charge in [0.05, 0.1) is 0 Å². The number of hydrogen-bond acceptors (Lipinski definition) is 1. The zero-order valence-corrected chi connectivity index (χ0v) is 12.1. The van der Waals surface area contributed by atoms with Crippen LogP contribution in [0.2, 0.25) is 0 Å². The van der Waals surface area contributed by atoms with Crippen LogP contribution in [0.3, 0.4) is 0 Å². The Morgan fingerprint density at radius 3 is 2.29 bits per heavy atom. The van der Waals surface area contributed by atoms with Gasteiger partial charge in [0.2, 0.25) is 0 Å². The van der Waals surface area contributed by atoms with Gasteiger partial charge in [-0.25, -0.2) is 4.39 Å². The molecule has 1 nitrogen and oxygen atoms in total. The number of benzene rings is 2. The molecule has 88 valence electrons. The first-order chi connectivity index (χ1) is 8.15. The number of halogens is 3.